The molecule has 0 saturated carbocycles. The number of nitrogens with zero attached hydrogens (tertiary/aromatic N) is 4. The first-order valence-corrected chi connectivity index (χ1v) is 9.07. The number of thioether (sulfide) groups is 1. The summed E-state index contributed by atoms with van der Waals surface area (Å²) >= 11 is 0.416. The van der Waals surface area contributed by atoms with Crippen molar-refractivity contribution in [3.8, 4) is 0 Å². The number of piperazine rings is 1. The molecule has 1 aliphatic rings. The number of hydrogen-bond donors (Lipinski definition) is 0. The SMILES string of the molecule is CCn1ccnc1N1CCN(C(=O)c2ccccc2SC(F)F)CC1. The molecule has 1 amide bonds. The molecule has 2 aromatic rings. The van der Waals surface area contributed by atoms with Gasteiger partial charge in [0.15, 0.2) is 0 Å². The number of halogens is 2. The topological polar surface area (TPSA) is 41.4 Å². The van der Waals surface area contributed by atoms with E-state index in [1.165, 1.54) is 0 Å². The van der Waals surface area contributed by atoms with Crippen molar-refractivity contribution in [1.82, 2.24) is 14.5 Å². The van der Waals surface area contributed by atoms with Crippen LogP contribution in [0.3, 0.4) is 0 Å². The van der Waals surface area contributed by atoms with Gasteiger partial charge < -0.3 is 14.4 Å². The molecule has 0 bridgehead atoms. The smallest absolute Gasteiger partial charge is 0.288 e. The molecule has 5 nitrogen and oxygen atoms in total. The van der Waals surface area contributed by atoms with E-state index >= 15 is 0 Å². The van der Waals surface area contributed by atoms with Crippen molar-refractivity contribution >= 4 is 23.6 Å². The summed E-state index contributed by atoms with van der Waals surface area (Å²) in [5.41, 5.74) is 0.344. The Balaban J connectivity index is 1.68. The number of aryl methyl sites for hydroxylation is 1. The number of imidazole rings is 1. The van der Waals surface area contributed by atoms with Gasteiger partial charge in [-0.15, -0.1) is 0 Å². The first kappa shape index (κ1) is 17.7. The third-order valence-electron chi connectivity index (χ3n) is 4.22. The average Bonchev–Trinajstić information content (AvgIpc) is 3.10. The second-order valence-corrected chi connectivity index (χ2v) is 6.70. The molecule has 0 aliphatic carbocycles. The summed E-state index contributed by atoms with van der Waals surface area (Å²) in [6.07, 6.45) is 3.71. The quantitative estimate of drug-likeness (QED) is 0.762. The van der Waals surface area contributed by atoms with Crippen molar-refractivity contribution in [2.24, 2.45) is 0 Å². The van der Waals surface area contributed by atoms with Gasteiger partial charge in [-0.05, 0) is 19.1 Å². The number of amides is 1. The monoisotopic (exact) mass is 366 g/mol. The van der Waals surface area contributed by atoms with Crippen LogP contribution in [0, 0.1) is 0 Å². The molecule has 0 spiro atoms. The maximum Gasteiger partial charge on any atom is 0.288 e. The van der Waals surface area contributed by atoms with E-state index < -0.39 is 5.76 Å². The molecule has 134 valence electrons. The van der Waals surface area contributed by atoms with Gasteiger partial charge in [-0.25, -0.2) is 4.98 Å². The first-order chi connectivity index (χ1) is 12.1. The molecule has 25 heavy (non-hydrogen) atoms. The van der Waals surface area contributed by atoms with Crippen LogP contribution in [0.2, 0.25) is 0 Å². The number of hydrogen-bond acceptors (Lipinski definition) is 4. The highest BCUT2D eigenvalue weighted by atomic mass is 32.2. The van der Waals surface area contributed by atoms with E-state index in [9.17, 15) is 13.6 Å². The van der Waals surface area contributed by atoms with Crippen molar-refractivity contribution in [2.45, 2.75) is 24.1 Å². The number of carbonyl (C=O) groups is 1. The molecule has 1 aromatic heterocycles. The zero-order valence-electron chi connectivity index (χ0n) is 13.9. The van der Waals surface area contributed by atoms with Gasteiger partial charge in [0.05, 0.1) is 5.56 Å². The van der Waals surface area contributed by atoms with Crippen LogP contribution in [0.15, 0.2) is 41.6 Å². The van der Waals surface area contributed by atoms with Gasteiger partial charge in [0.2, 0.25) is 5.95 Å². The molecule has 0 unspecified atom stereocenters. The van der Waals surface area contributed by atoms with Gasteiger partial charge in [0.1, 0.15) is 0 Å². The lowest BCUT2D eigenvalue weighted by Gasteiger charge is -2.35. The summed E-state index contributed by atoms with van der Waals surface area (Å²) in [7, 11) is 0. The molecule has 0 atom stereocenters. The highest BCUT2D eigenvalue weighted by Crippen LogP contribution is 2.29. The average molecular weight is 366 g/mol. The van der Waals surface area contributed by atoms with Crippen LogP contribution in [0.25, 0.3) is 0 Å². The maximum absolute atomic E-state index is 12.7. The van der Waals surface area contributed by atoms with E-state index in [0.717, 1.165) is 12.5 Å². The van der Waals surface area contributed by atoms with Crippen LogP contribution < -0.4 is 4.90 Å². The van der Waals surface area contributed by atoms with Gasteiger partial charge in [0, 0.05) is 50.0 Å². The Hall–Kier alpha value is -2.09. The Morgan fingerprint density at radius 1 is 1.24 bits per heavy atom. The molecule has 3 rings (SSSR count). The minimum absolute atomic E-state index is 0.192. The minimum atomic E-state index is -2.54. The fourth-order valence-corrected chi connectivity index (χ4v) is 3.58. The number of anilines is 1. The molecule has 1 aliphatic heterocycles. The molecule has 0 radical (unpaired) electrons. The van der Waals surface area contributed by atoms with Crippen molar-refractivity contribution in [3.63, 3.8) is 0 Å². The predicted octanol–water partition coefficient (Wildman–Crippen LogP) is 3.18. The Morgan fingerprint density at radius 3 is 2.64 bits per heavy atom. The highest BCUT2D eigenvalue weighted by molar-refractivity contribution is 7.99. The molecule has 8 heteroatoms. The fraction of sp³-hybridized carbons (Fsp3) is 0.412. The lowest BCUT2D eigenvalue weighted by atomic mass is 10.2. The van der Waals surface area contributed by atoms with Gasteiger partial charge in [-0.1, -0.05) is 23.9 Å². The Labute approximate surface area is 149 Å². The van der Waals surface area contributed by atoms with E-state index in [1.807, 2.05) is 6.20 Å². The van der Waals surface area contributed by atoms with Crippen molar-refractivity contribution < 1.29 is 13.6 Å². The summed E-state index contributed by atoms with van der Waals surface area (Å²) in [5.74, 6) is -1.83. The minimum Gasteiger partial charge on any atom is -0.339 e. The summed E-state index contributed by atoms with van der Waals surface area (Å²) in [5, 5.41) is 0. The number of benzene rings is 1. The summed E-state index contributed by atoms with van der Waals surface area (Å²) in [4.78, 5) is 21.3. The third kappa shape index (κ3) is 3.95. The Morgan fingerprint density at radius 2 is 1.96 bits per heavy atom. The van der Waals surface area contributed by atoms with Gasteiger partial charge >= 0.3 is 0 Å². The lowest BCUT2D eigenvalue weighted by molar-refractivity contribution is 0.0742. The first-order valence-electron chi connectivity index (χ1n) is 8.19. The van der Waals surface area contributed by atoms with E-state index in [2.05, 4.69) is 21.4 Å². The number of carbonyl (C=O) groups excluding carboxylic acids is 1. The Kier molecular flexibility index (Phi) is 5.57. The molecular formula is C17H20F2N4OS. The standard InChI is InChI=1S/C17H20F2N4OS/c1-2-21-8-7-20-17(21)23-11-9-22(10-12-23)15(24)13-5-3-4-6-14(13)25-16(18)19/h3-8,16H,2,9-12H2,1H3. The summed E-state index contributed by atoms with van der Waals surface area (Å²) in [6.45, 7) is 5.33. The van der Waals surface area contributed by atoms with Crippen LogP contribution >= 0.6 is 11.8 Å². The van der Waals surface area contributed by atoms with Crippen molar-refractivity contribution in [3.05, 3.63) is 42.2 Å². The molecular weight excluding hydrogens is 346 g/mol. The van der Waals surface area contributed by atoms with Crippen molar-refractivity contribution in [1.29, 1.82) is 0 Å². The second-order valence-electron chi connectivity index (χ2n) is 5.67. The lowest BCUT2D eigenvalue weighted by Crippen LogP contribution is -2.49. The van der Waals surface area contributed by atoms with E-state index in [4.69, 9.17) is 0 Å². The maximum atomic E-state index is 12.7. The van der Waals surface area contributed by atoms with Crippen LogP contribution in [-0.2, 0) is 6.54 Å². The van der Waals surface area contributed by atoms with Crippen LogP contribution in [0.1, 0.15) is 17.3 Å². The largest absolute Gasteiger partial charge is 0.339 e. The van der Waals surface area contributed by atoms with E-state index in [-0.39, 0.29) is 5.91 Å². The van der Waals surface area contributed by atoms with Crippen molar-refractivity contribution in [2.75, 3.05) is 31.1 Å². The predicted molar refractivity (Wildman–Crippen MR) is 94.3 cm³/mol. The van der Waals surface area contributed by atoms with Gasteiger partial charge in [-0.2, -0.15) is 8.78 Å². The van der Waals surface area contributed by atoms with Crippen LogP contribution in [0.4, 0.5) is 14.7 Å². The third-order valence-corrected chi connectivity index (χ3v) is 5.01. The molecule has 0 N–H and O–H groups in total. The summed E-state index contributed by atoms with van der Waals surface area (Å²) in [6, 6.07) is 6.56. The van der Waals surface area contributed by atoms with E-state index in [1.54, 1.807) is 35.4 Å². The highest BCUT2D eigenvalue weighted by Gasteiger charge is 2.26. The molecule has 1 saturated heterocycles. The normalized spacial score (nSPS) is 15.0. The van der Waals surface area contributed by atoms with Crippen LogP contribution in [0.5, 0.6) is 0 Å². The second kappa shape index (κ2) is 7.86. The zero-order valence-corrected chi connectivity index (χ0v) is 14.8. The van der Waals surface area contributed by atoms with Gasteiger partial charge in [-0.3, -0.25) is 4.79 Å². The number of aromatic nitrogens is 2. The summed E-state index contributed by atoms with van der Waals surface area (Å²) < 4.78 is 27.5. The zero-order chi connectivity index (χ0) is 17.8. The molecule has 1 fully saturated rings. The number of rotatable bonds is 5. The van der Waals surface area contributed by atoms with Crippen LogP contribution in [-0.4, -0.2) is 52.3 Å². The van der Waals surface area contributed by atoms with Gasteiger partial charge in [0.25, 0.3) is 11.7 Å². The van der Waals surface area contributed by atoms with E-state index in [0.29, 0.717) is 48.4 Å². The molecule has 1 aromatic carbocycles. The molecule has 2 heterocycles. The fourth-order valence-electron chi connectivity index (χ4n) is 2.95. The Bertz CT molecular complexity index is 729. The number of alkyl halides is 2.